The molecule has 0 heterocycles. The Morgan fingerprint density at radius 1 is 1.27 bits per heavy atom. The van der Waals surface area contributed by atoms with E-state index >= 15 is 0 Å². The Labute approximate surface area is 94.8 Å². The first kappa shape index (κ1) is 13.0. The maximum atomic E-state index is 5.85. The minimum Gasteiger partial charge on any atom is -0.377 e. The zero-order valence-corrected chi connectivity index (χ0v) is 10.8. The standard InChI is InChI=1S/C13H27NO/c1-5-14-12(10-11(2)3)13(15-4)8-6-7-9-13/h11-12,14H,5-10H2,1-4H3. The van der Waals surface area contributed by atoms with Gasteiger partial charge in [0.15, 0.2) is 0 Å². The summed E-state index contributed by atoms with van der Waals surface area (Å²) in [5.41, 5.74) is 0.125. The van der Waals surface area contributed by atoms with Gasteiger partial charge in [0.25, 0.3) is 0 Å². The molecule has 0 aromatic carbocycles. The van der Waals surface area contributed by atoms with E-state index in [1.807, 2.05) is 7.11 Å². The van der Waals surface area contributed by atoms with Gasteiger partial charge in [-0.1, -0.05) is 33.6 Å². The lowest BCUT2D eigenvalue weighted by Crippen LogP contribution is -2.51. The SMILES string of the molecule is CCNC(CC(C)C)C1(OC)CCCC1. The second-order valence-corrected chi connectivity index (χ2v) is 5.22. The number of nitrogens with one attached hydrogen (secondary N) is 1. The average molecular weight is 213 g/mol. The summed E-state index contributed by atoms with van der Waals surface area (Å²) in [4.78, 5) is 0. The van der Waals surface area contributed by atoms with Crippen molar-refractivity contribution < 1.29 is 4.74 Å². The molecule has 90 valence electrons. The fourth-order valence-corrected chi connectivity index (χ4v) is 2.87. The predicted molar refractivity (Wildman–Crippen MR) is 65.1 cm³/mol. The summed E-state index contributed by atoms with van der Waals surface area (Å²) < 4.78 is 5.85. The van der Waals surface area contributed by atoms with E-state index in [1.165, 1.54) is 32.1 Å². The largest absolute Gasteiger partial charge is 0.377 e. The van der Waals surface area contributed by atoms with E-state index in [0.717, 1.165) is 12.5 Å². The predicted octanol–water partition coefficient (Wildman–Crippen LogP) is 2.97. The number of rotatable bonds is 6. The lowest BCUT2D eigenvalue weighted by molar-refractivity contribution is -0.0402. The topological polar surface area (TPSA) is 21.3 Å². The molecule has 1 fully saturated rings. The molecular weight excluding hydrogens is 186 g/mol. The maximum Gasteiger partial charge on any atom is 0.0831 e. The zero-order valence-electron chi connectivity index (χ0n) is 10.8. The number of ether oxygens (including phenoxy) is 1. The molecule has 0 radical (unpaired) electrons. The summed E-state index contributed by atoms with van der Waals surface area (Å²) >= 11 is 0. The maximum absolute atomic E-state index is 5.85. The van der Waals surface area contributed by atoms with Crippen molar-refractivity contribution in [1.29, 1.82) is 0 Å². The van der Waals surface area contributed by atoms with Gasteiger partial charge in [0.1, 0.15) is 0 Å². The molecule has 1 aliphatic carbocycles. The van der Waals surface area contributed by atoms with Gasteiger partial charge in [0, 0.05) is 13.2 Å². The minimum absolute atomic E-state index is 0.125. The van der Waals surface area contributed by atoms with Gasteiger partial charge in [-0.25, -0.2) is 0 Å². The van der Waals surface area contributed by atoms with Crippen LogP contribution in [0.3, 0.4) is 0 Å². The van der Waals surface area contributed by atoms with E-state index in [9.17, 15) is 0 Å². The molecule has 2 heteroatoms. The summed E-state index contributed by atoms with van der Waals surface area (Å²) in [6.07, 6.45) is 6.34. The van der Waals surface area contributed by atoms with E-state index in [-0.39, 0.29) is 5.60 Å². The van der Waals surface area contributed by atoms with Crippen LogP contribution in [0.15, 0.2) is 0 Å². The summed E-state index contributed by atoms with van der Waals surface area (Å²) in [6, 6.07) is 0.537. The molecule has 1 atom stereocenters. The van der Waals surface area contributed by atoms with Crippen LogP contribution >= 0.6 is 0 Å². The Morgan fingerprint density at radius 2 is 1.87 bits per heavy atom. The molecule has 1 saturated carbocycles. The van der Waals surface area contributed by atoms with Gasteiger partial charge in [-0.3, -0.25) is 0 Å². The number of hydrogen-bond acceptors (Lipinski definition) is 2. The molecule has 0 aromatic rings. The third kappa shape index (κ3) is 3.18. The van der Waals surface area contributed by atoms with Crippen molar-refractivity contribution in [2.24, 2.45) is 5.92 Å². The lowest BCUT2D eigenvalue weighted by Gasteiger charge is -2.38. The molecule has 0 saturated heterocycles. The molecule has 0 bridgehead atoms. The molecule has 15 heavy (non-hydrogen) atoms. The van der Waals surface area contributed by atoms with Gasteiger partial charge >= 0.3 is 0 Å². The van der Waals surface area contributed by atoms with Gasteiger partial charge in [-0.2, -0.15) is 0 Å². The minimum atomic E-state index is 0.125. The Balaban J connectivity index is 2.66. The summed E-state index contributed by atoms with van der Waals surface area (Å²) in [5, 5.41) is 3.62. The summed E-state index contributed by atoms with van der Waals surface area (Å²) in [5.74, 6) is 0.738. The van der Waals surface area contributed by atoms with Crippen LogP contribution in [0.5, 0.6) is 0 Å². The summed E-state index contributed by atoms with van der Waals surface area (Å²) in [6.45, 7) is 7.82. The smallest absolute Gasteiger partial charge is 0.0831 e. The first-order valence-electron chi connectivity index (χ1n) is 6.43. The van der Waals surface area contributed by atoms with Crippen LogP contribution in [-0.4, -0.2) is 25.3 Å². The van der Waals surface area contributed by atoms with Crippen molar-refractivity contribution >= 4 is 0 Å². The van der Waals surface area contributed by atoms with Crippen LogP contribution in [0.4, 0.5) is 0 Å². The van der Waals surface area contributed by atoms with Crippen LogP contribution in [-0.2, 0) is 4.74 Å². The molecule has 1 rings (SSSR count). The van der Waals surface area contributed by atoms with Crippen LogP contribution in [0, 0.1) is 5.92 Å². The van der Waals surface area contributed by atoms with Crippen molar-refractivity contribution in [3.63, 3.8) is 0 Å². The van der Waals surface area contributed by atoms with Gasteiger partial charge < -0.3 is 10.1 Å². The number of hydrogen-bond donors (Lipinski definition) is 1. The molecule has 0 amide bonds. The zero-order chi connectivity index (χ0) is 11.3. The van der Waals surface area contributed by atoms with Crippen molar-refractivity contribution in [2.45, 2.75) is 64.5 Å². The third-order valence-electron chi connectivity index (χ3n) is 3.65. The molecule has 2 nitrogen and oxygen atoms in total. The van der Waals surface area contributed by atoms with Crippen molar-refractivity contribution in [3.05, 3.63) is 0 Å². The Morgan fingerprint density at radius 3 is 2.27 bits per heavy atom. The Bertz CT molecular complexity index is 173. The highest BCUT2D eigenvalue weighted by atomic mass is 16.5. The quantitative estimate of drug-likeness (QED) is 0.732. The molecular formula is C13H27NO. The van der Waals surface area contributed by atoms with E-state index in [0.29, 0.717) is 6.04 Å². The van der Waals surface area contributed by atoms with Gasteiger partial charge in [0.2, 0.25) is 0 Å². The van der Waals surface area contributed by atoms with E-state index < -0.39 is 0 Å². The average Bonchev–Trinajstić information content (AvgIpc) is 2.66. The molecule has 0 aliphatic heterocycles. The highest BCUT2D eigenvalue weighted by molar-refractivity contribution is 4.97. The van der Waals surface area contributed by atoms with Crippen molar-refractivity contribution in [2.75, 3.05) is 13.7 Å². The highest BCUT2D eigenvalue weighted by Crippen LogP contribution is 2.37. The van der Waals surface area contributed by atoms with Gasteiger partial charge in [0.05, 0.1) is 5.60 Å². The third-order valence-corrected chi connectivity index (χ3v) is 3.65. The first-order valence-corrected chi connectivity index (χ1v) is 6.43. The van der Waals surface area contributed by atoms with E-state index in [2.05, 4.69) is 26.1 Å². The van der Waals surface area contributed by atoms with Gasteiger partial charge in [-0.15, -0.1) is 0 Å². The van der Waals surface area contributed by atoms with Crippen LogP contribution in [0.1, 0.15) is 52.9 Å². The van der Waals surface area contributed by atoms with Gasteiger partial charge in [-0.05, 0) is 31.7 Å². The number of likely N-dealkylation sites (N-methyl/N-ethyl adjacent to an activating group) is 1. The second kappa shape index (κ2) is 5.86. The normalized spacial score (nSPS) is 22.2. The monoisotopic (exact) mass is 213 g/mol. The van der Waals surface area contributed by atoms with E-state index in [1.54, 1.807) is 0 Å². The van der Waals surface area contributed by atoms with E-state index in [4.69, 9.17) is 4.74 Å². The van der Waals surface area contributed by atoms with Crippen LogP contribution < -0.4 is 5.32 Å². The molecule has 0 spiro atoms. The Kier molecular flexibility index (Phi) is 5.07. The van der Waals surface area contributed by atoms with Crippen LogP contribution in [0.25, 0.3) is 0 Å². The molecule has 1 unspecified atom stereocenters. The first-order chi connectivity index (χ1) is 7.14. The Hall–Kier alpha value is -0.0800. The number of methoxy groups -OCH3 is 1. The molecule has 1 aliphatic rings. The fourth-order valence-electron chi connectivity index (χ4n) is 2.87. The van der Waals surface area contributed by atoms with Crippen LogP contribution in [0.2, 0.25) is 0 Å². The van der Waals surface area contributed by atoms with Crippen molar-refractivity contribution in [3.8, 4) is 0 Å². The fraction of sp³-hybridized carbons (Fsp3) is 1.00. The lowest BCUT2D eigenvalue weighted by atomic mass is 9.86. The second-order valence-electron chi connectivity index (χ2n) is 5.22. The molecule has 1 N–H and O–H groups in total. The molecule has 0 aromatic heterocycles. The summed E-state index contributed by atoms with van der Waals surface area (Å²) in [7, 11) is 1.88. The van der Waals surface area contributed by atoms with Crippen molar-refractivity contribution in [1.82, 2.24) is 5.32 Å². The highest BCUT2D eigenvalue weighted by Gasteiger charge is 2.41.